The molecule has 0 amide bonds. The highest BCUT2D eigenvalue weighted by molar-refractivity contribution is 5.76. The predicted molar refractivity (Wildman–Crippen MR) is 57.3 cm³/mol. The van der Waals surface area contributed by atoms with Gasteiger partial charge in [0, 0.05) is 18.8 Å². The van der Waals surface area contributed by atoms with Gasteiger partial charge in [-0.1, -0.05) is 0 Å². The van der Waals surface area contributed by atoms with Crippen LogP contribution in [0.3, 0.4) is 0 Å². The summed E-state index contributed by atoms with van der Waals surface area (Å²) in [6.07, 6.45) is 1.69. The maximum Gasteiger partial charge on any atom is 0.160 e. The quantitative estimate of drug-likeness (QED) is 0.739. The molecule has 1 unspecified atom stereocenters. The lowest BCUT2D eigenvalue weighted by Crippen LogP contribution is -2.15. The molecule has 0 spiro atoms. The van der Waals surface area contributed by atoms with Gasteiger partial charge in [0.1, 0.15) is 11.3 Å². The monoisotopic (exact) mass is 206 g/mol. The zero-order chi connectivity index (χ0) is 11.0. The standard InChI is InChI=1S/C10H14N4O/c1-6-13-9-7(8(11)5-15)3-4-12-10(9)14(6)2/h3-4,8,15H,5,11H2,1-2H3. The number of hydrogen-bond acceptors (Lipinski definition) is 4. The Morgan fingerprint density at radius 2 is 2.33 bits per heavy atom. The second kappa shape index (κ2) is 3.60. The fourth-order valence-electron chi connectivity index (χ4n) is 1.60. The Labute approximate surface area is 87.6 Å². The van der Waals surface area contributed by atoms with Crippen molar-refractivity contribution in [1.29, 1.82) is 0 Å². The fourth-order valence-corrected chi connectivity index (χ4v) is 1.60. The molecule has 5 nitrogen and oxygen atoms in total. The molecular formula is C10H14N4O. The number of aliphatic hydroxyl groups is 1. The predicted octanol–water partition coefficient (Wildman–Crippen LogP) is 0.269. The summed E-state index contributed by atoms with van der Waals surface area (Å²) in [6.45, 7) is 1.82. The Balaban J connectivity index is 2.71. The molecule has 0 aliphatic rings. The number of aliphatic hydroxyl groups excluding tert-OH is 1. The van der Waals surface area contributed by atoms with Crippen LogP contribution < -0.4 is 5.73 Å². The van der Waals surface area contributed by atoms with Crippen molar-refractivity contribution in [3.05, 3.63) is 23.7 Å². The smallest absolute Gasteiger partial charge is 0.160 e. The van der Waals surface area contributed by atoms with Crippen LogP contribution in [0.2, 0.25) is 0 Å². The lowest BCUT2D eigenvalue weighted by molar-refractivity contribution is 0.268. The van der Waals surface area contributed by atoms with Gasteiger partial charge in [-0.05, 0) is 13.0 Å². The van der Waals surface area contributed by atoms with E-state index in [0.717, 1.165) is 22.6 Å². The summed E-state index contributed by atoms with van der Waals surface area (Å²) in [5, 5.41) is 9.04. The van der Waals surface area contributed by atoms with Gasteiger partial charge in [-0.2, -0.15) is 0 Å². The topological polar surface area (TPSA) is 77.0 Å². The summed E-state index contributed by atoms with van der Waals surface area (Å²) in [7, 11) is 1.91. The number of aromatic nitrogens is 3. The van der Waals surface area contributed by atoms with Crippen molar-refractivity contribution >= 4 is 11.2 Å². The SMILES string of the molecule is Cc1nc2c(C(N)CO)ccnc2n1C. The van der Waals surface area contributed by atoms with Crippen LogP contribution in [-0.4, -0.2) is 26.2 Å². The van der Waals surface area contributed by atoms with Gasteiger partial charge in [0.15, 0.2) is 5.65 Å². The second-order valence-corrected chi connectivity index (χ2v) is 3.58. The lowest BCUT2D eigenvalue weighted by atomic mass is 10.1. The molecule has 2 aromatic rings. The molecule has 0 aromatic carbocycles. The first-order valence-corrected chi connectivity index (χ1v) is 4.79. The summed E-state index contributed by atoms with van der Waals surface area (Å²) in [5.74, 6) is 0.884. The van der Waals surface area contributed by atoms with Crippen LogP contribution in [0.25, 0.3) is 11.2 Å². The first-order valence-electron chi connectivity index (χ1n) is 4.79. The van der Waals surface area contributed by atoms with Crippen LogP contribution in [0.1, 0.15) is 17.4 Å². The van der Waals surface area contributed by atoms with Gasteiger partial charge in [-0.25, -0.2) is 9.97 Å². The van der Waals surface area contributed by atoms with Crippen molar-refractivity contribution in [3.8, 4) is 0 Å². The molecule has 0 radical (unpaired) electrons. The lowest BCUT2D eigenvalue weighted by Gasteiger charge is -2.08. The third-order valence-corrected chi connectivity index (χ3v) is 2.61. The third-order valence-electron chi connectivity index (χ3n) is 2.61. The first kappa shape index (κ1) is 10.1. The van der Waals surface area contributed by atoms with E-state index in [1.54, 1.807) is 12.3 Å². The minimum Gasteiger partial charge on any atom is -0.394 e. The molecule has 0 bridgehead atoms. The van der Waals surface area contributed by atoms with Crippen molar-refractivity contribution in [2.45, 2.75) is 13.0 Å². The summed E-state index contributed by atoms with van der Waals surface area (Å²) in [4.78, 5) is 8.63. The van der Waals surface area contributed by atoms with Crippen LogP contribution >= 0.6 is 0 Å². The number of nitrogens with two attached hydrogens (primary N) is 1. The fraction of sp³-hybridized carbons (Fsp3) is 0.400. The Kier molecular flexibility index (Phi) is 2.42. The molecule has 2 heterocycles. The van der Waals surface area contributed by atoms with Crippen molar-refractivity contribution in [2.75, 3.05) is 6.61 Å². The van der Waals surface area contributed by atoms with Gasteiger partial charge in [0.2, 0.25) is 0 Å². The highest BCUT2D eigenvalue weighted by atomic mass is 16.3. The van der Waals surface area contributed by atoms with Gasteiger partial charge in [-0.3, -0.25) is 0 Å². The molecule has 0 saturated heterocycles. The number of nitrogens with zero attached hydrogens (tertiary/aromatic N) is 3. The number of pyridine rings is 1. The second-order valence-electron chi connectivity index (χ2n) is 3.58. The van der Waals surface area contributed by atoms with Crippen LogP contribution in [0.15, 0.2) is 12.3 Å². The van der Waals surface area contributed by atoms with Crippen LogP contribution in [-0.2, 0) is 7.05 Å². The maximum atomic E-state index is 9.04. The van der Waals surface area contributed by atoms with Crippen LogP contribution in [0.5, 0.6) is 0 Å². The van der Waals surface area contributed by atoms with E-state index in [-0.39, 0.29) is 6.61 Å². The van der Waals surface area contributed by atoms with Crippen molar-refractivity contribution in [2.24, 2.45) is 12.8 Å². The number of aryl methyl sites for hydroxylation is 2. The summed E-state index contributed by atoms with van der Waals surface area (Å²) < 4.78 is 1.91. The molecule has 0 fully saturated rings. The van der Waals surface area contributed by atoms with E-state index in [2.05, 4.69) is 9.97 Å². The van der Waals surface area contributed by atoms with Gasteiger partial charge < -0.3 is 15.4 Å². The van der Waals surface area contributed by atoms with Crippen molar-refractivity contribution in [3.63, 3.8) is 0 Å². The number of imidazole rings is 1. The Morgan fingerprint density at radius 1 is 1.60 bits per heavy atom. The molecule has 15 heavy (non-hydrogen) atoms. The zero-order valence-electron chi connectivity index (χ0n) is 8.81. The average Bonchev–Trinajstić information content (AvgIpc) is 2.54. The summed E-state index contributed by atoms with van der Waals surface area (Å²) in [6, 6.07) is 1.40. The van der Waals surface area contributed by atoms with Gasteiger partial charge in [0.05, 0.1) is 12.6 Å². The van der Waals surface area contributed by atoms with Gasteiger partial charge >= 0.3 is 0 Å². The Morgan fingerprint density at radius 3 is 3.00 bits per heavy atom. The van der Waals surface area contributed by atoms with Crippen molar-refractivity contribution < 1.29 is 5.11 Å². The maximum absolute atomic E-state index is 9.04. The largest absolute Gasteiger partial charge is 0.394 e. The van der Waals surface area contributed by atoms with Gasteiger partial charge in [0.25, 0.3) is 0 Å². The minimum absolute atomic E-state index is 0.0886. The molecular weight excluding hydrogens is 192 g/mol. The molecule has 0 aliphatic carbocycles. The Bertz CT molecular complexity index is 491. The van der Waals surface area contributed by atoms with E-state index in [0.29, 0.717) is 0 Å². The minimum atomic E-state index is -0.398. The highest BCUT2D eigenvalue weighted by Gasteiger charge is 2.13. The van der Waals surface area contributed by atoms with E-state index in [1.807, 2.05) is 18.5 Å². The normalized spacial score (nSPS) is 13.3. The highest BCUT2D eigenvalue weighted by Crippen LogP contribution is 2.20. The van der Waals surface area contributed by atoms with Crippen LogP contribution in [0, 0.1) is 6.92 Å². The van der Waals surface area contributed by atoms with Crippen molar-refractivity contribution in [1.82, 2.24) is 14.5 Å². The van der Waals surface area contributed by atoms with E-state index < -0.39 is 6.04 Å². The molecule has 2 aromatic heterocycles. The third kappa shape index (κ3) is 1.49. The summed E-state index contributed by atoms with van der Waals surface area (Å²) in [5.41, 5.74) is 8.21. The van der Waals surface area contributed by atoms with E-state index in [4.69, 9.17) is 10.8 Å². The number of rotatable bonds is 2. The van der Waals surface area contributed by atoms with E-state index in [9.17, 15) is 0 Å². The molecule has 0 saturated carbocycles. The molecule has 1 atom stereocenters. The number of hydrogen-bond donors (Lipinski definition) is 2. The molecule has 5 heteroatoms. The summed E-state index contributed by atoms with van der Waals surface area (Å²) >= 11 is 0. The zero-order valence-corrected chi connectivity index (χ0v) is 8.81. The molecule has 3 N–H and O–H groups in total. The van der Waals surface area contributed by atoms with E-state index >= 15 is 0 Å². The van der Waals surface area contributed by atoms with Crippen LogP contribution in [0.4, 0.5) is 0 Å². The van der Waals surface area contributed by atoms with Gasteiger partial charge in [-0.15, -0.1) is 0 Å². The molecule has 0 aliphatic heterocycles. The van der Waals surface area contributed by atoms with E-state index in [1.165, 1.54) is 0 Å². The molecule has 2 rings (SSSR count). The first-order chi connectivity index (χ1) is 7.15. The average molecular weight is 206 g/mol. The Hall–Kier alpha value is -1.46. The number of fused-ring (bicyclic) bond motifs is 1. The molecule has 80 valence electrons.